The number of rotatable bonds is 4. The Morgan fingerprint density at radius 3 is 2.50 bits per heavy atom. The predicted octanol–water partition coefficient (Wildman–Crippen LogP) is 5.83. The summed E-state index contributed by atoms with van der Waals surface area (Å²) < 4.78 is 71.9. The first-order valence-corrected chi connectivity index (χ1v) is 11.0. The van der Waals surface area contributed by atoms with Crippen molar-refractivity contribution in [3.05, 3.63) is 71.5 Å². The van der Waals surface area contributed by atoms with E-state index < -0.39 is 21.8 Å². The van der Waals surface area contributed by atoms with Crippen molar-refractivity contribution < 1.29 is 21.6 Å². The van der Waals surface area contributed by atoms with Crippen molar-refractivity contribution in [2.24, 2.45) is 0 Å². The van der Waals surface area contributed by atoms with Crippen molar-refractivity contribution in [3.63, 3.8) is 0 Å². The first-order chi connectivity index (χ1) is 14.1. The Kier molecular flexibility index (Phi) is 5.16. The molecule has 154 valence electrons. The molecule has 0 aliphatic heterocycles. The number of sulfonamides is 1. The summed E-state index contributed by atoms with van der Waals surface area (Å²) in [6.45, 7) is 0. The Balaban J connectivity index is 1.84. The molecule has 0 bridgehead atoms. The highest BCUT2D eigenvalue weighted by Crippen LogP contribution is 2.41. The van der Waals surface area contributed by atoms with Crippen LogP contribution in [0.15, 0.2) is 65.8 Å². The monoisotopic (exact) mass is 469 g/mol. The van der Waals surface area contributed by atoms with Gasteiger partial charge in [0.2, 0.25) is 5.13 Å². The molecule has 0 fully saturated rings. The second-order valence-corrected chi connectivity index (χ2v) is 9.13. The quantitative estimate of drug-likeness (QED) is 0.408. The molecular formula is C19H11ClF3N3O2S2. The number of fused-ring (bicyclic) bond motifs is 1. The third kappa shape index (κ3) is 3.98. The van der Waals surface area contributed by atoms with E-state index in [-0.39, 0.29) is 20.6 Å². The average molecular weight is 470 g/mol. The van der Waals surface area contributed by atoms with Gasteiger partial charge in [-0.15, -0.1) is 0 Å². The lowest BCUT2D eigenvalue weighted by molar-refractivity contribution is -0.137. The van der Waals surface area contributed by atoms with Crippen molar-refractivity contribution in [2.75, 3.05) is 4.72 Å². The fourth-order valence-electron chi connectivity index (χ4n) is 3.04. The van der Waals surface area contributed by atoms with Gasteiger partial charge in [0.15, 0.2) is 0 Å². The zero-order chi connectivity index (χ0) is 21.5. The van der Waals surface area contributed by atoms with Crippen LogP contribution in [0.1, 0.15) is 5.56 Å². The molecule has 1 N–H and O–H groups in total. The molecule has 3 aromatic carbocycles. The second-order valence-electron chi connectivity index (χ2n) is 6.23. The van der Waals surface area contributed by atoms with E-state index in [4.69, 9.17) is 11.6 Å². The summed E-state index contributed by atoms with van der Waals surface area (Å²) in [4.78, 5) is 3.74. The van der Waals surface area contributed by atoms with E-state index in [1.807, 2.05) is 0 Å². The van der Waals surface area contributed by atoms with E-state index in [1.54, 1.807) is 18.2 Å². The molecule has 30 heavy (non-hydrogen) atoms. The molecule has 11 heteroatoms. The molecular weight excluding hydrogens is 459 g/mol. The van der Waals surface area contributed by atoms with Crippen LogP contribution in [0.25, 0.3) is 21.9 Å². The normalized spacial score (nSPS) is 12.3. The second kappa shape index (κ2) is 7.53. The fourth-order valence-corrected chi connectivity index (χ4v) is 4.91. The Bertz CT molecular complexity index is 1340. The third-order valence-electron chi connectivity index (χ3n) is 4.32. The minimum atomic E-state index is -4.60. The van der Waals surface area contributed by atoms with Gasteiger partial charge in [0.1, 0.15) is 6.33 Å². The van der Waals surface area contributed by atoms with Crippen LogP contribution in [-0.4, -0.2) is 17.8 Å². The number of benzene rings is 3. The number of aromatic nitrogens is 2. The zero-order valence-electron chi connectivity index (χ0n) is 14.8. The van der Waals surface area contributed by atoms with Crippen LogP contribution < -0.4 is 4.72 Å². The number of nitrogens with one attached hydrogen (secondary N) is 1. The van der Waals surface area contributed by atoms with Gasteiger partial charge in [0, 0.05) is 16.6 Å². The van der Waals surface area contributed by atoms with E-state index >= 15 is 0 Å². The molecule has 1 heterocycles. The summed E-state index contributed by atoms with van der Waals surface area (Å²) in [6.07, 6.45) is -3.38. The maximum absolute atomic E-state index is 13.6. The minimum Gasteiger partial charge on any atom is -0.253 e. The average Bonchev–Trinajstić information content (AvgIpc) is 3.19. The summed E-state index contributed by atoms with van der Waals surface area (Å²) in [5, 5.41) is 1.03. The van der Waals surface area contributed by atoms with Gasteiger partial charge in [-0.1, -0.05) is 41.9 Å². The van der Waals surface area contributed by atoms with Crippen LogP contribution >= 0.6 is 23.1 Å². The highest BCUT2D eigenvalue weighted by molar-refractivity contribution is 7.93. The van der Waals surface area contributed by atoms with Gasteiger partial charge in [0.25, 0.3) is 10.0 Å². The van der Waals surface area contributed by atoms with Crippen LogP contribution in [0.3, 0.4) is 0 Å². The van der Waals surface area contributed by atoms with Gasteiger partial charge in [-0.05, 0) is 46.2 Å². The van der Waals surface area contributed by atoms with Gasteiger partial charge in [-0.2, -0.15) is 17.5 Å². The Morgan fingerprint density at radius 2 is 1.80 bits per heavy atom. The number of alkyl halides is 3. The SMILES string of the molecule is O=S(=O)(Nc1ncns1)c1ccc2c(-c3ccc(Cl)cc3C(F)(F)F)cccc2c1. The highest BCUT2D eigenvalue weighted by atomic mass is 35.5. The maximum Gasteiger partial charge on any atom is 0.417 e. The molecule has 0 aliphatic carbocycles. The van der Waals surface area contributed by atoms with Crippen molar-refractivity contribution in [1.29, 1.82) is 0 Å². The maximum atomic E-state index is 13.6. The largest absolute Gasteiger partial charge is 0.417 e. The summed E-state index contributed by atoms with van der Waals surface area (Å²) in [6, 6.07) is 12.5. The Morgan fingerprint density at radius 1 is 1.00 bits per heavy atom. The number of nitrogens with zero attached hydrogens (tertiary/aromatic N) is 2. The van der Waals surface area contributed by atoms with Crippen LogP contribution in [0.4, 0.5) is 18.3 Å². The molecule has 4 aromatic rings. The third-order valence-corrected chi connectivity index (χ3v) is 6.60. The number of anilines is 1. The number of hydrogen-bond donors (Lipinski definition) is 1. The zero-order valence-corrected chi connectivity index (χ0v) is 17.2. The highest BCUT2D eigenvalue weighted by Gasteiger charge is 2.34. The Hall–Kier alpha value is -2.69. The van der Waals surface area contributed by atoms with E-state index in [0.29, 0.717) is 16.3 Å². The number of halogens is 4. The summed E-state index contributed by atoms with van der Waals surface area (Å²) in [5.74, 6) is 0. The van der Waals surface area contributed by atoms with Crippen molar-refractivity contribution in [3.8, 4) is 11.1 Å². The van der Waals surface area contributed by atoms with Gasteiger partial charge < -0.3 is 0 Å². The molecule has 0 radical (unpaired) electrons. The molecule has 0 spiro atoms. The fraction of sp³-hybridized carbons (Fsp3) is 0.0526. The standard InChI is InChI=1S/C19H11ClF3N3O2S2/c20-12-4-6-16(17(9-12)19(21,22)23)15-3-1-2-11-8-13(5-7-14(11)15)30(27,28)26-18-24-10-25-29-18/h1-10H,(H,24,25,26). The van der Waals surface area contributed by atoms with Gasteiger partial charge in [0.05, 0.1) is 10.5 Å². The van der Waals surface area contributed by atoms with Crippen LogP contribution in [0.5, 0.6) is 0 Å². The van der Waals surface area contributed by atoms with Crippen LogP contribution in [0.2, 0.25) is 5.02 Å². The summed E-state index contributed by atoms with van der Waals surface area (Å²) >= 11 is 6.66. The molecule has 0 aliphatic rings. The van der Waals surface area contributed by atoms with Gasteiger partial charge >= 0.3 is 6.18 Å². The van der Waals surface area contributed by atoms with Crippen LogP contribution in [0, 0.1) is 0 Å². The summed E-state index contributed by atoms with van der Waals surface area (Å²) in [7, 11) is -3.93. The molecule has 0 unspecified atom stereocenters. The lowest BCUT2D eigenvalue weighted by Crippen LogP contribution is -2.12. The topological polar surface area (TPSA) is 72.0 Å². The molecule has 0 amide bonds. The lowest BCUT2D eigenvalue weighted by Gasteiger charge is -2.15. The smallest absolute Gasteiger partial charge is 0.253 e. The summed E-state index contributed by atoms with van der Waals surface area (Å²) in [5.41, 5.74) is -0.588. The van der Waals surface area contributed by atoms with Crippen molar-refractivity contribution in [2.45, 2.75) is 11.1 Å². The van der Waals surface area contributed by atoms with Gasteiger partial charge in [-0.3, -0.25) is 4.72 Å². The van der Waals surface area contributed by atoms with E-state index in [1.165, 1.54) is 36.7 Å². The van der Waals surface area contributed by atoms with Crippen molar-refractivity contribution in [1.82, 2.24) is 9.36 Å². The lowest BCUT2D eigenvalue weighted by atomic mass is 9.94. The van der Waals surface area contributed by atoms with E-state index in [2.05, 4.69) is 14.1 Å². The Labute approximate surface area is 178 Å². The van der Waals surface area contributed by atoms with E-state index in [0.717, 1.165) is 17.6 Å². The molecule has 5 nitrogen and oxygen atoms in total. The molecule has 0 atom stereocenters. The first kappa shape index (κ1) is 20.6. The van der Waals surface area contributed by atoms with Crippen molar-refractivity contribution >= 4 is 49.1 Å². The molecule has 0 saturated heterocycles. The molecule has 1 aromatic heterocycles. The first-order valence-electron chi connectivity index (χ1n) is 8.34. The minimum absolute atomic E-state index is 0.0255. The molecule has 4 rings (SSSR count). The van der Waals surface area contributed by atoms with E-state index in [9.17, 15) is 21.6 Å². The number of hydrogen-bond acceptors (Lipinski definition) is 5. The molecule has 0 saturated carbocycles. The predicted molar refractivity (Wildman–Crippen MR) is 110 cm³/mol. The van der Waals surface area contributed by atoms with Gasteiger partial charge in [-0.25, -0.2) is 13.4 Å². The van der Waals surface area contributed by atoms with Crippen LogP contribution in [-0.2, 0) is 16.2 Å².